The molecule has 2 aliphatic heterocycles. The number of aliphatic hydroxyl groups is 6. The van der Waals surface area contributed by atoms with Crippen molar-refractivity contribution < 1.29 is 54.6 Å². The maximum atomic E-state index is 11.1. The molecule has 228 valence electrons. The fourth-order valence-electron chi connectivity index (χ4n) is 4.93. The monoisotopic (exact) mass is 589 g/mol. The number of azide groups is 3. The first-order valence-corrected chi connectivity index (χ1v) is 12.4. The summed E-state index contributed by atoms with van der Waals surface area (Å²) in [5.74, 6) is -0.185. The van der Waals surface area contributed by atoms with Crippen molar-refractivity contribution >= 4 is 5.96 Å². The maximum Gasteiger partial charge on any atom is 0.338 e. The number of rotatable bonds is 10. The van der Waals surface area contributed by atoms with Crippen LogP contribution in [0.15, 0.2) is 15.3 Å². The fraction of sp³-hybridized carbons (Fsp3) is 0.947. The standard InChI is InChI=1S/C19H32N12O10/c1-4(32)14-12(36)11(35)8(28-31-24)17(39-14)40-15-6(27-30-23)2-5(26-29-22)9(33)16(15)41-18-13(37)10(34)7(38-18)3-25-19(20)21/h4-18,32-37H,2-3H2,1H3,(H4,20,21,25)/p+1/t4-,5-,6?,7-,8?,9?,10+,11-,12+,13?,14?,15-,16-,17-,18+/m1/s1. The zero-order valence-corrected chi connectivity index (χ0v) is 21.6. The Hall–Kier alpha value is -3.20. The number of hydrogen-bond acceptors (Lipinski definition) is 13. The lowest BCUT2D eigenvalue weighted by atomic mass is 9.84. The minimum atomic E-state index is -1.78. The van der Waals surface area contributed by atoms with Crippen molar-refractivity contribution in [1.29, 1.82) is 0 Å². The minimum absolute atomic E-state index is 0.138. The van der Waals surface area contributed by atoms with Crippen LogP contribution in [0, 0.1) is 0 Å². The van der Waals surface area contributed by atoms with E-state index in [-0.39, 0.29) is 18.9 Å². The molecule has 0 bridgehead atoms. The van der Waals surface area contributed by atoms with Gasteiger partial charge >= 0.3 is 5.96 Å². The first-order valence-electron chi connectivity index (χ1n) is 12.4. The second-order valence-corrected chi connectivity index (χ2v) is 9.72. The SMILES string of the molecule is C[C@@H](O)C1O[C@H](O[C@@H]2C(N=[N+]=[N-])C[C@@H](N=[N+]=[N-])C(O)[C@H]2O[C@@H]2O[C@H](C[NH+]=C(N)N)[C@H](O)C2O)C(N=[N+]=[N-])[C@@H](O)[C@@H]1O. The summed E-state index contributed by atoms with van der Waals surface area (Å²) >= 11 is 0. The van der Waals surface area contributed by atoms with Gasteiger partial charge in [0.15, 0.2) is 12.6 Å². The van der Waals surface area contributed by atoms with Gasteiger partial charge in [0.1, 0.15) is 42.7 Å². The maximum absolute atomic E-state index is 11.1. The largest absolute Gasteiger partial charge is 0.391 e. The van der Waals surface area contributed by atoms with Gasteiger partial charge < -0.3 is 49.6 Å². The summed E-state index contributed by atoms with van der Waals surface area (Å²) in [4.78, 5) is 10.6. The van der Waals surface area contributed by atoms with Gasteiger partial charge in [-0.1, -0.05) is 15.3 Å². The van der Waals surface area contributed by atoms with E-state index in [1.54, 1.807) is 0 Å². The van der Waals surface area contributed by atoms with Gasteiger partial charge in [0.25, 0.3) is 0 Å². The molecule has 1 saturated carbocycles. The normalized spacial score (nSPS) is 43.1. The van der Waals surface area contributed by atoms with Crippen molar-refractivity contribution in [3.05, 3.63) is 31.3 Å². The van der Waals surface area contributed by atoms with E-state index in [1.165, 1.54) is 6.92 Å². The van der Waals surface area contributed by atoms with Gasteiger partial charge in [0.2, 0.25) is 0 Å². The third-order valence-electron chi connectivity index (χ3n) is 6.99. The number of aliphatic hydroxyl groups excluding tert-OH is 6. The summed E-state index contributed by atoms with van der Waals surface area (Å²) in [6, 6.07) is -4.07. The third kappa shape index (κ3) is 7.18. The van der Waals surface area contributed by atoms with Gasteiger partial charge in [-0.2, -0.15) is 0 Å². The van der Waals surface area contributed by atoms with Gasteiger partial charge in [-0.25, -0.2) is 0 Å². The smallest absolute Gasteiger partial charge is 0.338 e. The Balaban J connectivity index is 1.98. The highest BCUT2D eigenvalue weighted by atomic mass is 16.7. The molecule has 0 radical (unpaired) electrons. The molecule has 5 unspecified atom stereocenters. The second-order valence-electron chi connectivity index (χ2n) is 9.72. The van der Waals surface area contributed by atoms with Gasteiger partial charge in [0.05, 0.1) is 43.0 Å². The molecule has 1 aliphatic carbocycles. The van der Waals surface area contributed by atoms with Crippen LogP contribution in [-0.4, -0.2) is 135 Å². The van der Waals surface area contributed by atoms with E-state index in [4.69, 9.17) is 41.5 Å². The molecule has 3 rings (SSSR count). The fourth-order valence-corrected chi connectivity index (χ4v) is 4.93. The molecule has 0 amide bonds. The molecule has 15 atom stereocenters. The summed E-state index contributed by atoms with van der Waals surface area (Å²) < 4.78 is 22.9. The molecule has 11 N–H and O–H groups in total. The Bertz CT molecular complexity index is 1080. The van der Waals surface area contributed by atoms with Crippen LogP contribution in [0.1, 0.15) is 13.3 Å². The summed E-state index contributed by atoms with van der Waals surface area (Å²) in [5, 5.41) is 73.7. The quantitative estimate of drug-likeness (QED) is 0.0381. The predicted molar refractivity (Wildman–Crippen MR) is 131 cm³/mol. The second kappa shape index (κ2) is 14.1. The molecule has 22 heteroatoms. The lowest BCUT2D eigenvalue weighted by molar-refractivity contribution is -0.475. The third-order valence-corrected chi connectivity index (χ3v) is 6.99. The summed E-state index contributed by atoms with van der Waals surface area (Å²) in [5.41, 5.74) is 37.9. The van der Waals surface area contributed by atoms with E-state index in [9.17, 15) is 36.2 Å². The number of nitrogens with one attached hydrogen (secondary N) is 1. The number of guanidine groups is 1. The van der Waals surface area contributed by atoms with E-state index < -0.39 is 91.7 Å². The van der Waals surface area contributed by atoms with Crippen LogP contribution in [0.2, 0.25) is 0 Å². The first-order chi connectivity index (χ1) is 19.4. The molecular weight excluding hydrogens is 556 g/mol. The number of ether oxygens (including phenoxy) is 4. The number of hydrogen-bond donors (Lipinski definition) is 9. The van der Waals surface area contributed by atoms with Crippen molar-refractivity contribution in [2.24, 2.45) is 26.8 Å². The van der Waals surface area contributed by atoms with Crippen LogP contribution in [0.4, 0.5) is 0 Å². The van der Waals surface area contributed by atoms with Gasteiger partial charge in [-0.15, -0.1) is 0 Å². The molecule has 0 aromatic rings. The molecule has 2 saturated heterocycles. The Morgan fingerprint density at radius 2 is 1.46 bits per heavy atom. The van der Waals surface area contributed by atoms with E-state index >= 15 is 0 Å². The van der Waals surface area contributed by atoms with Crippen molar-refractivity contribution in [2.45, 2.75) is 105 Å². The Morgan fingerprint density at radius 3 is 2.05 bits per heavy atom. The van der Waals surface area contributed by atoms with Gasteiger partial charge in [0, 0.05) is 14.7 Å². The Labute approximate surface area is 230 Å². The van der Waals surface area contributed by atoms with E-state index in [0.29, 0.717) is 0 Å². The van der Waals surface area contributed by atoms with Crippen LogP contribution in [0.3, 0.4) is 0 Å². The Kier molecular flexibility index (Phi) is 11.1. The highest BCUT2D eigenvalue weighted by molar-refractivity contribution is 5.69. The molecule has 0 spiro atoms. The molecule has 0 aromatic carbocycles. The van der Waals surface area contributed by atoms with E-state index in [2.05, 4.69) is 35.1 Å². The number of nitrogens with zero attached hydrogens (tertiary/aromatic N) is 9. The van der Waals surface area contributed by atoms with E-state index in [0.717, 1.165) is 0 Å². The van der Waals surface area contributed by atoms with Crippen LogP contribution < -0.4 is 16.5 Å². The van der Waals surface area contributed by atoms with Crippen molar-refractivity contribution in [1.82, 2.24) is 0 Å². The van der Waals surface area contributed by atoms with Crippen molar-refractivity contribution in [3.63, 3.8) is 0 Å². The van der Waals surface area contributed by atoms with Crippen LogP contribution in [-0.2, 0) is 18.9 Å². The summed E-state index contributed by atoms with van der Waals surface area (Å²) in [6.07, 6.45) is -18.9. The van der Waals surface area contributed by atoms with Gasteiger partial charge in [-0.3, -0.25) is 16.5 Å². The van der Waals surface area contributed by atoms with Crippen molar-refractivity contribution in [2.75, 3.05) is 6.54 Å². The van der Waals surface area contributed by atoms with Crippen molar-refractivity contribution in [3.8, 4) is 0 Å². The Morgan fingerprint density at radius 1 is 0.854 bits per heavy atom. The molecule has 3 aliphatic rings. The predicted octanol–water partition coefficient (Wildman–Crippen LogP) is -4.81. The van der Waals surface area contributed by atoms with Crippen LogP contribution in [0.5, 0.6) is 0 Å². The molecule has 0 aromatic heterocycles. The minimum Gasteiger partial charge on any atom is -0.391 e. The average Bonchev–Trinajstić information content (AvgIpc) is 3.19. The number of nitrogens with two attached hydrogens (primary N) is 2. The van der Waals surface area contributed by atoms with Crippen LogP contribution in [0.25, 0.3) is 31.3 Å². The van der Waals surface area contributed by atoms with Gasteiger partial charge in [-0.05, 0) is 29.9 Å². The highest BCUT2D eigenvalue weighted by Crippen LogP contribution is 2.36. The zero-order valence-electron chi connectivity index (χ0n) is 21.6. The summed E-state index contributed by atoms with van der Waals surface area (Å²) in [6.45, 7) is 1.13. The summed E-state index contributed by atoms with van der Waals surface area (Å²) in [7, 11) is 0. The molecule has 3 fully saturated rings. The first kappa shape index (κ1) is 32.3. The zero-order chi connectivity index (χ0) is 30.4. The topological polar surface area (TPSA) is 371 Å². The van der Waals surface area contributed by atoms with E-state index in [1.807, 2.05) is 0 Å². The lowest BCUT2D eigenvalue weighted by Gasteiger charge is -2.47. The average molecular weight is 590 g/mol. The molecule has 41 heavy (non-hydrogen) atoms. The molecular formula is C19H33N12O10+. The van der Waals surface area contributed by atoms with Crippen LogP contribution >= 0.6 is 0 Å². The molecule has 22 nitrogen and oxygen atoms in total. The molecule has 2 heterocycles. The highest BCUT2D eigenvalue weighted by Gasteiger charge is 2.54. The lowest BCUT2D eigenvalue weighted by Crippen LogP contribution is -2.80.